The Hall–Kier alpha value is -5.62. The second-order valence-corrected chi connectivity index (χ2v) is 17.3. The molecule has 5 heterocycles. The molecule has 6 nitrogen and oxygen atoms in total. The van der Waals surface area contributed by atoms with Crippen molar-refractivity contribution in [3.05, 3.63) is 184 Å². The molecule has 8 atom stereocenters. The minimum atomic E-state index is -0.206. The largest absolute Gasteiger partial charge is 0.490 e. The summed E-state index contributed by atoms with van der Waals surface area (Å²) in [5.74, 6) is 3.44. The van der Waals surface area contributed by atoms with E-state index in [0.717, 1.165) is 86.5 Å². The van der Waals surface area contributed by atoms with E-state index in [9.17, 15) is 0 Å². The highest BCUT2D eigenvalue weighted by molar-refractivity contribution is 6.13. The molecule has 292 valence electrons. The predicted molar refractivity (Wildman–Crippen MR) is 234 cm³/mol. The van der Waals surface area contributed by atoms with Crippen molar-refractivity contribution in [3.63, 3.8) is 0 Å². The van der Waals surface area contributed by atoms with E-state index in [1.807, 2.05) is 0 Å². The van der Waals surface area contributed by atoms with Crippen molar-refractivity contribution in [1.29, 1.82) is 0 Å². The number of benzene rings is 2. The molecule has 1 saturated heterocycles. The van der Waals surface area contributed by atoms with Gasteiger partial charge in [-0.05, 0) is 115 Å². The number of aliphatic imine (C=N–C) groups is 2. The van der Waals surface area contributed by atoms with Crippen LogP contribution in [0.5, 0.6) is 0 Å². The van der Waals surface area contributed by atoms with Gasteiger partial charge in [0.15, 0.2) is 0 Å². The Bertz CT molecular complexity index is 2400. The summed E-state index contributed by atoms with van der Waals surface area (Å²) in [6, 6.07) is 19.6. The monoisotopic (exact) mass is 764 g/mol. The van der Waals surface area contributed by atoms with Crippen LogP contribution in [0.25, 0.3) is 5.70 Å². The molecule has 0 radical (unpaired) electrons. The lowest BCUT2D eigenvalue weighted by molar-refractivity contribution is -0.0325. The first-order valence-corrected chi connectivity index (χ1v) is 21.7. The summed E-state index contributed by atoms with van der Waals surface area (Å²) < 4.78 is 13.7. The van der Waals surface area contributed by atoms with Crippen molar-refractivity contribution >= 4 is 17.6 Å². The molecule has 9 aliphatic rings. The number of nitrogens with zero attached hydrogens (tertiary/aromatic N) is 2. The Balaban J connectivity index is 0.968. The summed E-state index contributed by atoms with van der Waals surface area (Å²) in [4.78, 5) is 10.2. The quantitative estimate of drug-likeness (QED) is 0.288. The molecule has 8 unspecified atom stereocenters. The Morgan fingerprint density at radius 2 is 1.79 bits per heavy atom. The van der Waals surface area contributed by atoms with E-state index in [0.29, 0.717) is 11.8 Å². The lowest BCUT2D eigenvalue weighted by Crippen LogP contribution is -2.54. The van der Waals surface area contributed by atoms with E-state index < -0.39 is 0 Å². The molecule has 5 aliphatic heterocycles. The van der Waals surface area contributed by atoms with Gasteiger partial charge in [-0.2, -0.15) is 0 Å². The molecule has 0 bridgehead atoms. The molecule has 2 aromatic carbocycles. The molecular weight excluding hydrogens is 713 g/mol. The number of hydrogen-bond donors (Lipinski definition) is 2. The SMILES string of the molecule is CC1CN=CCC1C1(C2=CCNC=C2)C2=CCCC=C2OC2CC(c3ccccc3C3=CC(c4ccccc4)=NC(C4=CC=C5C6=C(C=CCC6)OC5C4)N3)C=CC21. The van der Waals surface area contributed by atoms with E-state index >= 15 is 0 Å². The van der Waals surface area contributed by atoms with E-state index in [4.69, 9.17) is 19.5 Å². The zero-order valence-corrected chi connectivity index (χ0v) is 33.3. The van der Waals surface area contributed by atoms with E-state index in [-0.39, 0.29) is 35.6 Å². The minimum absolute atomic E-state index is 0.0383. The van der Waals surface area contributed by atoms with Gasteiger partial charge < -0.3 is 20.1 Å². The maximum absolute atomic E-state index is 7.20. The zero-order chi connectivity index (χ0) is 38.6. The number of rotatable bonds is 6. The van der Waals surface area contributed by atoms with Gasteiger partial charge in [-0.3, -0.25) is 9.98 Å². The molecule has 0 saturated carbocycles. The highest BCUT2D eigenvalue weighted by atomic mass is 16.5. The smallest absolute Gasteiger partial charge is 0.141 e. The van der Waals surface area contributed by atoms with E-state index in [2.05, 4.69) is 151 Å². The molecule has 0 aromatic heterocycles. The van der Waals surface area contributed by atoms with Crippen LogP contribution in [0.1, 0.15) is 74.5 Å². The van der Waals surface area contributed by atoms with Crippen LogP contribution in [0.2, 0.25) is 0 Å². The number of ether oxygens (including phenoxy) is 2. The first-order chi connectivity index (χ1) is 28.6. The number of hydrogen-bond acceptors (Lipinski definition) is 6. The van der Waals surface area contributed by atoms with Gasteiger partial charge in [0.05, 0.1) is 5.71 Å². The highest BCUT2D eigenvalue weighted by Crippen LogP contribution is 2.63. The lowest BCUT2D eigenvalue weighted by atomic mass is 9.49. The van der Waals surface area contributed by atoms with Gasteiger partial charge in [0.2, 0.25) is 0 Å². The fourth-order valence-electron chi connectivity index (χ4n) is 11.5. The van der Waals surface area contributed by atoms with Crippen LogP contribution in [-0.2, 0) is 9.47 Å². The summed E-state index contributed by atoms with van der Waals surface area (Å²) >= 11 is 0. The summed E-state index contributed by atoms with van der Waals surface area (Å²) in [6.07, 6.45) is 37.2. The molecule has 58 heavy (non-hydrogen) atoms. The number of allylic oxidation sites excluding steroid dienone is 11. The fraction of sp³-hybridized carbons (Fsp3) is 0.346. The molecular formula is C52H52N4O2. The highest BCUT2D eigenvalue weighted by Gasteiger charge is 2.59. The van der Waals surface area contributed by atoms with Crippen molar-refractivity contribution in [2.75, 3.05) is 13.1 Å². The van der Waals surface area contributed by atoms with Gasteiger partial charge in [-0.1, -0.05) is 104 Å². The summed E-state index contributed by atoms with van der Waals surface area (Å²) in [5, 5.41) is 7.40. The lowest BCUT2D eigenvalue weighted by Gasteiger charge is -2.58. The van der Waals surface area contributed by atoms with Crippen molar-refractivity contribution in [2.45, 2.75) is 76.2 Å². The Morgan fingerprint density at radius 3 is 2.69 bits per heavy atom. The molecule has 0 amide bonds. The third-order valence-corrected chi connectivity index (χ3v) is 14.2. The van der Waals surface area contributed by atoms with Crippen LogP contribution in [0.15, 0.2) is 177 Å². The second-order valence-electron chi connectivity index (χ2n) is 17.3. The molecule has 11 rings (SSSR count). The van der Waals surface area contributed by atoms with Gasteiger partial charge in [0, 0.05) is 59.2 Å². The molecule has 0 spiro atoms. The first kappa shape index (κ1) is 35.5. The van der Waals surface area contributed by atoms with Gasteiger partial charge in [-0.25, -0.2) is 0 Å². The number of fused-ring (bicyclic) bond motifs is 4. The maximum atomic E-state index is 7.20. The summed E-state index contributed by atoms with van der Waals surface area (Å²) in [6.45, 7) is 4.15. The molecule has 2 aromatic rings. The minimum Gasteiger partial charge on any atom is -0.490 e. The van der Waals surface area contributed by atoms with Gasteiger partial charge in [0.1, 0.15) is 29.9 Å². The standard InChI is InChI=1S/C52H52N4O2/c1-33-32-54-28-25-42(33)52(37-23-26-53-27-24-37)43-16-8-10-18-48(43)58-50-29-35(20-22-44(50)52)38-13-5-6-14-39(38)46-31-45(34-11-3-2-4-12-34)55-51(56-46)36-19-21-41-40-15-7-9-17-47(40)57-49(41)30-36/h2-6,9,11-14,16-24,26,28,31,33,35,42,44,49-51,53,56H,7-8,10,15,25,27,29-30,32H2,1H3. The Kier molecular flexibility index (Phi) is 8.97. The first-order valence-electron chi connectivity index (χ1n) is 21.7. The van der Waals surface area contributed by atoms with Crippen molar-refractivity contribution < 1.29 is 9.47 Å². The van der Waals surface area contributed by atoms with Gasteiger partial charge in [0.25, 0.3) is 0 Å². The summed E-state index contributed by atoms with van der Waals surface area (Å²) in [5.41, 5.74) is 12.4. The van der Waals surface area contributed by atoms with Crippen molar-refractivity contribution in [2.24, 2.45) is 33.2 Å². The zero-order valence-electron chi connectivity index (χ0n) is 33.3. The van der Waals surface area contributed by atoms with Crippen LogP contribution in [0.4, 0.5) is 0 Å². The van der Waals surface area contributed by atoms with Gasteiger partial charge >= 0.3 is 0 Å². The number of dihydropyridines is 1. The summed E-state index contributed by atoms with van der Waals surface area (Å²) in [7, 11) is 0. The van der Waals surface area contributed by atoms with Crippen LogP contribution in [-0.4, -0.2) is 43.4 Å². The molecule has 4 aliphatic carbocycles. The molecule has 2 N–H and O–H groups in total. The average molecular weight is 765 g/mol. The average Bonchev–Trinajstić information content (AvgIpc) is 3.67. The third-order valence-electron chi connectivity index (χ3n) is 14.2. The Labute approximate surface area is 342 Å². The van der Waals surface area contributed by atoms with Crippen LogP contribution in [0.3, 0.4) is 0 Å². The molecule has 6 heteroatoms. The normalized spacial score (nSPS) is 33.1. The maximum Gasteiger partial charge on any atom is 0.141 e. The van der Waals surface area contributed by atoms with E-state index in [1.165, 1.54) is 39.0 Å². The fourth-order valence-corrected chi connectivity index (χ4v) is 11.5. The third kappa shape index (κ3) is 5.89. The Morgan fingerprint density at radius 1 is 0.897 bits per heavy atom. The van der Waals surface area contributed by atoms with Crippen LogP contribution >= 0.6 is 0 Å². The van der Waals surface area contributed by atoms with Gasteiger partial charge in [-0.15, -0.1) is 0 Å². The van der Waals surface area contributed by atoms with Crippen molar-refractivity contribution in [3.8, 4) is 0 Å². The van der Waals surface area contributed by atoms with Crippen LogP contribution in [0, 0.1) is 23.2 Å². The number of nitrogens with one attached hydrogen (secondary N) is 2. The predicted octanol–water partition coefficient (Wildman–Crippen LogP) is 10.1. The van der Waals surface area contributed by atoms with Crippen molar-refractivity contribution in [1.82, 2.24) is 10.6 Å². The molecule has 1 fully saturated rings. The second kappa shape index (κ2) is 14.6. The van der Waals surface area contributed by atoms with Crippen LogP contribution < -0.4 is 10.6 Å². The van der Waals surface area contributed by atoms with E-state index in [1.54, 1.807) is 0 Å². The topological polar surface area (TPSA) is 67.2 Å².